The number of esters is 1. The van der Waals surface area contributed by atoms with Crippen LogP contribution >= 0.6 is 0 Å². The Kier molecular flexibility index (Phi) is 9.80. The molecular weight excluding hydrogens is 436 g/mol. The maximum Gasteiger partial charge on any atom is 0.333 e. The van der Waals surface area contributed by atoms with E-state index in [2.05, 4.69) is 5.32 Å². The minimum absolute atomic E-state index is 0.0430. The molecule has 0 aromatic rings. The lowest BCUT2D eigenvalue weighted by atomic mass is 9.86. The van der Waals surface area contributed by atoms with Gasteiger partial charge in [-0.25, -0.2) is 9.69 Å². The first-order valence-corrected chi connectivity index (χ1v) is 11.4. The molecule has 11 heteroatoms. The smallest absolute Gasteiger partial charge is 0.333 e. The second kappa shape index (κ2) is 11.7. The highest BCUT2D eigenvalue weighted by atomic mass is 16.7. The second-order valence-electron chi connectivity index (χ2n) is 8.49. The number of amides is 1. The first-order chi connectivity index (χ1) is 15.5. The zero-order valence-electron chi connectivity index (χ0n) is 19.9. The molecule has 5 N–H and O–H groups in total. The van der Waals surface area contributed by atoms with Crippen LogP contribution < -0.4 is 5.32 Å². The molecule has 11 nitrogen and oxygen atoms in total. The van der Waals surface area contributed by atoms with Crippen molar-refractivity contribution in [2.75, 3.05) is 20.3 Å². The van der Waals surface area contributed by atoms with Crippen LogP contribution in [0, 0.1) is 0 Å². The molecule has 1 fully saturated rings. The van der Waals surface area contributed by atoms with Gasteiger partial charge in [0, 0.05) is 18.5 Å². The molecule has 0 aromatic heterocycles. The lowest BCUT2D eigenvalue weighted by Gasteiger charge is -2.47. The van der Waals surface area contributed by atoms with Gasteiger partial charge >= 0.3 is 5.97 Å². The molecule has 0 saturated carbocycles. The Morgan fingerprint density at radius 3 is 2.42 bits per heavy atom. The van der Waals surface area contributed by atoms with E-state index >= 15 is 0 Å². The molecular formula is C22H38N2O9. The summed E-state index contributed by atoms with van der Waals surface area (Å²) < 4.78 is 16.8. The summed E-state index contributed by atoms with van der Waals surface area (Å²) in [6.45, 7) is 6.50. The average molecular weight is 475 g/mol. The highest BCUT2D eigenvalue weighted by molar-refractivity contribution is 5.89. The number of carbonyl (C=O) groups is 2. The van der Waals surface area contributed by atoms with Crippen LogP contribution in [0.5, 0.6) is 0 Å². The van der Waals surface area contributed by atoms with Gasteiger partial charge in [0.15, 0.2) is 6.10 Å². The third-order valence-corrected chi connectivity index (χ3v) is 6.33. The van der Waals surface area contributed by atoms with Crippen molar-refractivity contribution in [1.82, 2.24) is 10.2 Å². The van der Waals surface area contributed by atoms with Gasteiger partial charge in [0.1, 0.15) is 12.2 Å². The van der Waals surface area contributed by atoms with E-state index in [1.807, 2.05) is 13.8 Å². The maximum absolute atomic E-state index is 12.6. The number of aliphatic hydroxyl groups is 4. The Hall–Kier alpha value is -1.60. The largest absolute Gasteiger partial charge is 0.463 e. The molecule has 1 aliphatic heterocycles. The fourth-order valence-electron chi connectivity index (χ4n) is 4.40. The van der Waals surface area contributed by atoms with Crippen LogP contribution in [0.4, 0.5) is 0 Å². The quantitative estimate of drug-likeness (QED) is 0.197. The molecule has 1 aliphatic carbocycles. The summed E-state index contributed by atoms with van der Waals surface area (Å²) >= 11 is 0. The monoisotopic (exact) mass is 474 g/mol. The number of ether oxygens (including phenoxy) is 3. The lowest BCUT2D eigenvalue weighted by molar-refractivity contribution is -0.319. The highest BCUT2D eigenvalue weighted by Gasteiger charge is 2.58. The fraction of sp³-hybridized carbons (Fsp3) is 0.818. The van der Waals surface area contributed by atoms with Gasteiger partial charge < -0.3 is 40.0 Å². The summed E-state index contributed by atoms with van der Waals surface area (Å²) in [6, 6.07) is -1.52. The summed E-state index contributed by atoms with van der Waals surface area (Å²) in [5, 5.41) is 44.2. The first kappa shape index (κ1) is 27.6. The second-order valence-corrected chi connectivity index (χ2v) is 8.49. The van der Waals surface area contributed by atoms with Crippen molar-refractivity contribution in [3.05, 3.63) is 11.6 Å². The predicted molar refractivity (Wildman–Crippen MR) is 117 cm³/mol. The van der Waals surface area contributed by atoms with Crippen molar-refractivity contribution in [2.24, 2.45) is 0 Å². The van der Waals surface area contributed by atoms with E-state index in [4.69, 9.17) is 14.2 Å². The molecule has 0 radical (unpaired) electrons. The summed E-state index contributed by atoms with van der Waals surface area (Å²) in [7, 11) is 1.44. The van der Waals surface area contributed by atoms with Gasteiger partial charge in [0.05, 0.1) is 31.5 Å². The molecule has 0 spiro atoms. The third kappa shape index (κ3) is 5.91. The van der Waals surface area contributed by atoms with E-state index in [1.165, 1.54) is 18.9 Å². The van der Waals surface area contributed by atoms with Gasteiger partial charge in [-0.15, -0.1) is 0 Å². The molecule has 190 valence electrons. The van der Waals surface area contributed by atoms with Crippen LogP contribution in [0.15, 0.2) is 11.6 Å². The van der Waals surface area contributed by atoms with Crippen LogP contribution in [0.2, 0.25) is 0 Å². The molecule has 1 saturated heterocycles. The Labute approximate surface area is 194 Å². The summed E-state index contributed by atoms with van der Waals surface area (Å²) in [5.41, 5.74) is 0.293. The van der Waals surface area contributed by atoms with E-state index in [9.17, 15) is 30.0 Å². The van der Waals surface area contributed by atoms with E-state index in [-0.39, 0.29) is 25.0 Å². The standard InChI is InChI=1S/C22H38N2O9/c1-6-14(7-2)32-16-10-13(21(29)31-8-3)9-15(18(16)23-12(4)26)24(5)22(30)20(28)19(27)17(11-25)33-22/h10,14-20,25,27-28,30H,6-9,11H2,1-5H3,(H,23,26)/t15-,16+,17+,18+,19+,20-,22?/m0/s1. The van der Waals surface area contributed by atoms with Gasteiger partial charge in [-0.3, -0.25) is 4.79 Å². The number of aliphatic hydroxyl groups excluding tert-OH is 3. The number of nitrogens with zero attached hydrogens (tertiary/aromatic N) is 1. The zero-order valence-corrected chi connectivity index (χ0v) is 19.9. The number of hydrogen-bond donors (Lipinski definition) is 5. The Bertz CT molecular complexity index is 714. The fourth-order valence-corrected chi connectivity index (χ4v) is 4.40. The minimum atomic E-state index is -2.38. The van der Waals surface area contributed by atoms with E-state index in [1.54, 1.807) is 13.0 Å². The lowest BCUT2D eigenvalue weighted by Crippen LogP contribution is -2.66. The Balaban J connectivity index is 2.48. The van der Waals surface area contributed by atoms with Crippen molar-refractivity contribution in [3.63, 3.8) is 0 Å². The Morgan fingerprint density at radius 2 is 1.94 bits per heavy atom. The van der Waals surface area contributed by atoms with E-state index in [0.717, 1.165) is 0 Å². The predicted octanol–water partition coefficient (Wildman–Crippen LogP) is -0.982. The first-order valence-electron chi connectivity index (χ1n) is 11.4. The number of rotatable bonds is 10. The Morgan fingerprint density at radius 1 is 1.30 bits per heavy atom. The van der Waals surface area contributed by atoms with Crippen molar-refractivity contribution in [2.45, 2.75) is 95.5 Å². The van der Waals surface area contributed by atoms with Gasteiger partial charge in [-0.2, -0.15) is 0 Å². The van der Waals surface area contributed by atoms with Gasteiger partial charge in [-0.05, 0) is 39.3 Å². The molecule has 1 heterocycles. The van der Waals surface area contributed by atoms with Gasteiger partial charge in [-0.1, -0.05) is 13.8 Å². The van der Waals surface area contributed by atoms with E-state index < -0.39 is 55.0 Å². The molecule has 33 heavy (non-hydrogen) atoms. The maximum atomic E-state index is 12.6. The van der Waals surface area contributed by atoms with Crippen molar-refractivity contribution < 1.29 is 44.2 Å². The zero-order chi connectivity index (χ0) is 24.9. The topological polar surface area (TPSA) is 158 Å². The molecule has 2 aliphatic rings. The number of carbonyl (C=O) groups excluding carboxylic acids is 2. The molecule has 7 atom stereocenters. The molecule has 1 amide bonds. The van der Waals surface area contributed by atoms with Crippen LogP contribution in [0.1, 0.15) is 47.0 Å². The normalized spacial score (nSPS) is 34.5. The van der Waals surface area contributed by atoms with Crippen LogP contribution in [-0.4, -0.2) is 106 Å². The average Bonchev–Trinajstić information content (AvgIpc) is 3.01. The van der Waals surface area contributed by atoms with Crippen LogP contribution in [0.25, 0.3) is 0 Å². The molecule has 0 aromatic carbocycles. The highest BCUT2D eigenvalue weighted by Crippen LogP contribution is 2.37. The number of hydrogen-bond acceptors (Lipinski definition) is 10. The molecule has 0 bridgehead atoms. The summed E-state index contributed by atoms with van der Waals surface area (Å²) in [5.74, 6) is -3.29. The van der Waals surface area contributed by atoms with Crippen LogP contribution in [-0.2, 0) is 23.8 Å². The van der Waals surface area contributed by atoms with Gasteiger partial charge in [0.25, 0.3) is 5.91 Å². The number of likely N-dealkylation sites (N-methyl/N-ethyl adjacent to an activating group) is 1. The SMILES string of the molecule is CCOC(=O)C1=C[C@@H](OC(CC)CC)[C@H](NC(C)=O)[C@@H](N(C)C2(O)O[C@H](CO)[C@@H](O)[C@@H]2O)C1. The van der Waals surface area contributed by atoms with Gasteiger partial charge in [0.2, 0.25) is 5.91 Å². The van der Waals surface area contributed by atoms with Crippen molar-refractivity contribution in [1.29, 1.82) is 0 Å². The number of nitrogens with one attached hydrogen (secondary N) is 1. The summed E-state index contributed by atoms with van der Waals surface area (Å²) in [6.07, 6.45) is -2.32. The van der Waals surface area contributed by atoms with E-state index in [0.29, 0.717) is 18.4 Å². The minimum Gasteiger partial charge on any atom is -0.463 e. The van der Waals surface area contributed by atoms with Crippen molar-refractivity contribution in [3.8, 4) is 0 Å². The molecule has 1 unspecified atom stereocenters. The van der Waals surface area contributed by atoms with Crippen molar-refractivity contribution >= 4 is 11.9 Å². The molecule has 2 rings (SSSR count). The summed E-state index contributed by atoms with van der Waals surface area (Å²) in [4.78, 5) is 25.9. The van der Waals surface area contributed by atoms with Crippen LogP contribution in [0.3, 0.4) is 0 Å². The third-order valence-electron chi connectivity index (χ3n) is 6.33.